The van der Waals surface area contributed by atoms with Gasteiger partial charge in [0, 0.05) is 0 Å². The predicted octanol–water partition coefficient (Wildman–Crippen LogP) is -1.51. The Balaban J connectivity index is -0.000000180. The van der Waals surface area contributed by atoms with E-state index in [0.717, 1.165) is 5.75 Å². The second-order valence-electron chi connectivity index (χ2n) is 1.75. The van der Waals surface area contributed by atoms with Crippen molar-refractivity contribution in [2.75, 3.05) is 7.11 Å². The largest absolute Gasteiger partial charge is 1.00 e. The summed E-state index contributed by atoms with van der Waals surface area (Å²) in [6.45, 7) is 0. The Bertz CT molecular complexity index is 230. The second kappa shape index (κ2) is 10.2. The number of para-hydroxylation sites is 1. The molecule has 0 saturated carbocycles. The zero-order valence-electron chi connectivity index (χ0n) is 8.51. The van der Waals surface area contributed by atoms with Crippen molar-refractivity contribution in [2.24, 2.45) is 0 Å². The summed E-state index contributed by atoms with van der Waals surface area (Å²) in [5.74, 6) is 0.910. The van der Waals surface area contributed by atoms with Crippen LogP contribution in [0.25, 0.3) is 0 Å². The van der Waals surface area contributed by atoms with Crippen molar-refractivity contribution in [2.45, 2.75) is 0 Å². The third-order valence-electron chi connectivity index (χ3n) is 0.979. The zero-order valence-corrected chi connectivity index (χ0v) is 10.3. The SMILES string of the molecule is COc1ccccc1.O=S(O)O.[H-].[Na+]. The van der Waals surface area contributed by atoms with Crippen molar-refractivity contribution in [3.05, 3.63) is 30.3 Å². The Labute approximate surface area is 103 Å². The fraction of sp³-hybridized carbons (Fsp3) is 0.143. The normalized spacial score (nSPS) is 8.00. The number of methoxy groups -OCH3 is 1. The number of rotatable bonds is 1. The molecular weight excluding hydrogens is 203 g/mol. The van der Waals surface area contributed by atoms with Crippen LogP contribution in [0.15, 0.2) is 30.3 Å². The van der Waals surface area contributed by atoms with Crippen LogP contribution in [-0.4, -0.2) is 20.4 Å². The maximum Gasteiger partial charge on any atom is 1.00 e. The van der Waals surface area contributed by atoms with Crippen molar-refractivity contribution in [3.8, 4) is 5.75 Å². The first-order valence-corrected chi connectivity index (χ1v) is 4.12. The molecule has 0 fully saturated rings. The molecule has 0 aliphatic heterocycles. The van der Waals surface area contributed by atoms with E-state index in [1.807, 2.05) is 30.3 Å². The van der Waals surface area contributed by atoms with Crippen LogP contribution in [-0.2, 0) is 11.4 Å². The van der Waals surface area contributed by atoms with E-state index in [1.165, 1.54) is 0 Å². The molecule has 1 aromatic carbocycles. The summed E-state index contributed by atoms with van der Waals surface area (Å²) >= 11 is -2.61. The molecule has 0 aliphatic rings. The van der Waals surface area contributed by atoms with Crippen molar-refractivity contribution >= 4 is 11.4 Å². The maximum absolute atomic E-state index is 8.67. The van der Waals surface area contributed by atoms with Crippen molar-refractivity contribution in [3.63, 3.8) is 0 Å². The zero-order chi connectivity index (χ0) is 9.40. The van der Waals surface area contributed by atoms with Crippen LogP contribution in [0.5, 0.6) is 5.75 Å². The Morgan fingerprint density at radius 2 is 1.69 bits per heavy atom. The minimum atomic E-state index is -2.61. The van der Waals surface area contributed by atoms with Crippen LogP contribution in [0.1, 0.15) is 1.43 Å². The van der Waals surface area contributed by atoms with Crippen molar-refractivity contribution in [1.29, 1.82) is 0 Å². The predicted molar refractivity (Wildman–Crippen MR) is 47.5 cm³/mol. The number of hydrogen-bond acceptors (Lipinski definition) is 2. The quantitative estimate of drug-likeness (QED) is 0.441. The van der Waals surface area contributed by atoms with E-state index in [9.17, 15) is 0 Å². The van der Waals surface area contributed by atoms with Gasteiger partial charge in [0.05, 0.1) is 7.11 Å². The van der Waals surface area contributed by atoms with E-state index in [1.54, 1.807) is 7.11 Å². The van der Waals surface area contributed by atoms with E-state index in [-0.39, 0.29) is 31.0 Å². The Hall–Kier alpha value is 0.0900. The monoisotopic (exact) mass is 214 g/mol. The summed E-state index contributed by atoms with van der Waals surface area (Å²) in [4.78, 5) is 0. The molecule has 0 saturated heterocycles. The first kappa shape index (κ1) is 15.6. The second-order valence-corrected chi connectivity index (χ2v) is 2.21. The topological polar surface area (TPSA) is 66.8 Å². The van der Waals surface area contributed by atoms with Gasteiger partial charge in [0.2, 0.25) is 0 Å². The van der Waals surface area contributed by atoms with Crippen LogP contribution in [0.4, 0.5) is 0 Å². The average Bonchev–Trinajstić information content (AvgIpc) is 2.05. The van der Waals surface area contributed by atoms with E-state index in [2.05, 4.69) is 0 Å². The van der Waals surface area contributed by atoms with Gasteiger partial charge in [-0.1, -0.05) is 18.2 Å². The smallest absolute Gasteiger partial charge is 1.00 e. The van der Waals surface area contributed by atoms with E-state index in [4.69, 9.17) is 18.1 Å². The molecule has 0 aromatic heterocycles. The minimum Gasteiger partial charge on any atom is -1.00 e. The summed E-state index contributed by atoms with van der Waals surface area (Å²) in [5, 5.41) is 0. The van der Waals surface area contributed by atoms with Crippen LogP contribution < -0.4 is 34.3 Å². The standard InChI is InChI=1S/C7H8O.Na.H2O3S.H/c1-8-7-5-3-2-4-6-7;;1-4(2)3;/h2-6H,1H3;;(H2,1,2,3);/q;+1;;-1. The Kier molecular flexibility index (Phi) is 12.2. The third-order valence-corrected chi connectivity index (χ3v) is 0.979. The molecule has 0 bridgehead atoms. The number of benzene rings is 1. The van der Waals surface area contributed by atoms with Gasteiger partial charge in [-0.25, -0.2) is 0 Å². The van der Waals surface area contributed by atoms with Gasteiger partial charge in [0.15, 0.2) is 0 Å². The molecule has 2 N–H and O–H groups in total. The van der Waals surface area contributed by atoms with Gasteiger partial charge in [0.25, 0.3) is 11.4 Å². The average molecular weight is 214 g/mol. The molecule has 0 amide bonds. The number of ether oxygens (including phenoxy) is 1. The summed E-state index contributed by atoms with van der Waals surface area (Å²) in [7, 11) is 1.66. The molecule has 0 unspecified atom stereocenters. The van der Waals surface area contributed by atoms with E-state index >= 15 is 0 Å². The molecule has 6 heteroatoms. The summed E-state index contributed by atoms with van der Waals surface area (Å²) in [6, 6.07) is 9.68. The molecule has 0 atom stereocenters. The molecular formula is C7H11NaO4S. The van der Waals surface area contributed by atoms with Crippen LogP contribution >= 0.6 is 0 Å². The molecule has 0 heterocycles. The van der Waals surface area contributed by atoms with Gasteiger partial charge in [-0.2, -0.15) is 4.21 Å². The molecule has 0 aliphatic carbocycles. The van der Waals surface area contributed by atoms with Gasteiger partial charge in [-0.3, -0.25) is 9.11 Å². The van der Waals surface area contributed by atoms with E-state index < -0.39 is 11.4 Å². The number of hydrogen-bond donors (Lipinski definition) is 2. The summed E-state index contributed by atoms with van der Waals surface area (Å²) in [6.07, 6.45) is 0. The molecule has 70 valence electrons. The molecule has 4 nitrogen and oxygen atoms in total. The van der Waals surface area contributed by atoms with Crippen LogP contribution in [0, 0.1) is 0 Å². The fourth-order valence-electron chi connectivity index (χ4n) is 0.557. The molecule has 1 aromatic rings. The fourth-order valence-corrected chi connectivity index (χ4v) is 0.557. The molecule has 0 radical (unpaired) electrons. The first-order chi connectivity index (χ1) is 5.66. The van der Waals surface area contributed by atoms with Gasteiger partial charge in [0.1, 0.15) is 5.75 Å². The van der Waals surface area contributed by atoms with Crippen LogP contribution in [0.3, 0.4) is 0 Å². The Morgan fingerprint density at radius 3 is 1.92 bits per heavy atom. The minimum absolute atomic E-state index is 0. The van der Waals surface area contributed by atoms with Gasteiger partial charge >= 0.3 is 29.6 Å². The van der Waals surface area contributed by atoms with Crippen molar-refractivity contribution in [1.82, 2.24) is 0 Å². The van der Waals surface area contributed by atoms with Crippen molar-refractivity contribution < 1.29 is 49.0 Å². The molecule has 1 rings (SSSR count). The van der Waals surface area contributed by atoms with Gasteiger partial charge in [-0.15, -0.1) is 0 Å². The molecule has 13 heavy (non-hydrogen) atoms. The maximum atomic E-state index is 8.67. The molecule has 0 spiro atoms. The van der Waals surface area contributed by atoms with E-state index in [0.29, 0.717) is 0 Å². The van der Waals surface area contributed by atoms with Crippen LogP contribution in [0.2, 0.25) is 0 Å². The summed E-state index contributed by atoms with van der Waals surface area (Å²) < 4.78 is 27.7. The van der Waals surface area contributed by atoms with Gasteiger partial charge < -0.3 is 6.16 Å². The first-order valence-electron chi connectivity index (χ1n) is 3.05. The summed E-state index contributed by atoms with van der Waals surface area (Å²) in [5.41, 5.74) is 0. The third kappa shape index (κ3) is 12.1. The van der Waals surface area contributed by atoms with Gasteiger partial charge in [-0.05, 0) is 12.1 Å². The Morgan fingerprint density at radius 1 is 1.31 bits per heavy atom.